The Morgan fingerprint density at radius 3 is 2.65 bits per heavy atom. The van der Waals surface area contributed by atoms with Crippen LogP contribution in [0.2, 0.25) is 0 Å². The molecule has 1 unspecified atom stereocenters. The first kappa shape index (κ1) is 13.9. The third-order valence-electron chi connectivity index (χ3n) is 3.07. The van der Waals surface area contributed by atoms with E-state index in [4.69, 9.17) is 0 Å². The molecule has 0 saturated heterocycles. The van der Waals surface area contributed by atoms with E-state index < -0.39 is 5.97 Å². The molecule has 0 aliphatic carbocycles. The number of anilines is 1. The second-order valence-corrected chi connectivity index (χ2v) is 4.88. The van der Waals surface area contributed by atoms with Gasteiger partial charge in [-0.25, -0.2) is 4.79 Å². The first-order valence-electron chi connectivity index (χ1n) is 5.66. The van der Waals surface area contributed by atoms with Crippen LogP contribution in [-0.2, 0) is 0 Å². The molecule has 0 fully saturated rings. The van der Waals surface area contributed by atoms with Crippen molar-refractivity contribution in [3.05, 3.63) is 23.8 Å². The lowest BCUT2D eigenvalue weighted by molar-refractivity contribution is 0.0694. The summed E-state index contributed by atoms with van der Waals surface area (Å²) in [5, 5.41) is 9.34. The van der Waals surface area contributed by atoms with E-state index in [2.05, 4.69) is 13.8 Å². The molecule has 1 N–H and O–H groups in total. The molecule has 0 aliphatic heterocycles. The van der Waals surface area contributed by atoms with E-state index >= 15 is 0 Å². The minimum Gasteiger partial charge on any atom is -0.478 e. The topological polar surface area (TPSA) is 40.5 Å². The summed E-state index contributed by atoms with van der Waals surface area (Å²) < 4.78 is 0. The van der Waals surface area contributed by atoms with Crippen molar-refractivity contribution in [3.63, 3.8) is 0 Å². The molecule has 4 heteroatoms. The number of benzene rings is 1. The molecule has 0 spiro atoms. The molecule has 0 heterocycles. The Labute approximate surface area is 107 Å². The zero-order valence-corrected chi connectivity index (χ0v) is 11.5. The number of carboxylic acid groups (broad SMARTS) is 1. The van der Waals surface area contributed by atoms with E-state index in [1.54, 1.807) is 0 Å². The first-order valence-corrected chi connectivity index (χ1v) is 6.88. The van der Waals surface area contributed by atoms with Gasteiger partial charge in [-0.3, -0.25) is 0 Å². The van der Waals surface area contributed by atoms with Crippen LogP contribution in [0.5, 0.6) is 0 Å². The van der Waals surface area contributed by atoms with Gasteiger partial charge >= 0.3 is 5.97 Å². The molecule has 1 aromatic carbocycles. The third-order valence-corrected chi connectivity index (χ3v) is 3.85. The fourth-order valence-electron chi connectivity index (χ4n) is 1.71. The standard InChI is InChI=1S/C13H19NO2S/c1-5-9(2)14(3)10-7-6-8-11(17-4)12(10)13(15)16/h6-9H,5H2,1-4H3,(H,15,16). The van der Waals surface area contributed by atoms with Crippen LogP contribution < -0.4 is 4.90 Å². The Morgan fingerprint density at radius 2 is 2.18 bits per heavy atom. The lowest BCUT2D eigenvalue weighted by Gasteiger charge is -2.28. The molecule has 0 aromatic heterocycles. The monoisotopic (exact) mass is 253 g/mol. The van der Waals surface area contributed by atoms with E-state index in [9.17, 15) is 9.90 Å². The van der Waals surface area contributed by atoms with Crippen molar-refractivity contribution in [2.45, 2.75) is 31.2 Å². The molecule has 0 amide bonds. The van der Waals surface area contributed by atoms with E-state index in [0.29, 0.717) is 11.6 Å². The molecule has 94 valence electrons. The van der Waals surface area contributed by atoms with Crippen molar-refractivity contribution in [3.8, 4) is 0 Å². The summed E-state index contributed by atoms with van der Waals surface area (Å²) in [5.41, 5.74) is 1.20. The Hall–Kier alpha value is -1.16. The first-order chi connectivity index (χ1) is 8.02. The Bertz CT molecular complexity index is 406. The zero-order chi connectivity index (χ0) is 13.0. The van der Waals surface area contributed by atoms with Gasteiger partial charge in [-0.2, -0.15) is 0 Å². The number of hydrogen-bond donors (Lipinski definition) is 1. The molecule has 1 aromatic rings. The van der Waals surface area contributed by atoms with Gasteiger partial charge in [-0.05, 0) is 31.7 Å². The summed E-state index contributed by atoms with van der Waals surface area (Å²) in [5.74, 6) is -0.861. The number of carbonyl (C=O) groups is 1. The second kappa shape index (κ2) is 5.96. The molecule has 0 bridgehead atoms. The maximum atomic E-state index is 11.4. The molecule has 0 aliphatic rings. The maximum absolute atomic E-state index is 11.4. The average Bonchev–Trinajstić information content (AvgIpc) is 2.35. The van der Waals surface area contributed by atoms with Gasteiger partial charge in [-0.1, -0.05) is 13.0 Å². The highest BCUT2D eigenvalue weighted by atomic mass is 32.2. The van der Waals surface area contributed by atoms with Crippen molar-refractivity contribution in [1.82, 2.24) is 0 Å². The van der Waals surface area contributed by atoms with Crippen LogP contribution in [0.1, 0.15) is 30.6 Å². The minimum absolute atomic E-state index is 0.324. The SMILES string of the molecule is CCC(C)N(C)c1cccc(SC)c1C(=O)O. The number of thioether (sulfide) groups is 1. The predicted molar refractivity (Wildman–Crippen MR) is 73.3 cm³/mol. The zero-order valence-electron chi connectivity index (χ0n) is 10.7. The van der Waals surface area contributed by atoms with Crippen molar-refractivity contribution in [1.29, 1.82) is 0 Å². The second-order valence-electron chi connectivity index (χ2n) is 4.03. The van der Waals surface area contributed by atoms with E-state index in [1.165, 1.54) is 11.8 Å². The lowest BCUT2D eigenvalue weighted by Crippen LogP contribution is -2.29. The minimum atomic E-state index is -0.861. The molecule has 0 saturated carbocycles. The van der Waals surface area contributed by atoms with Gasteiger partial charge in [0, 0.05) is 18.0 Å². The van der Waals surface area contributed by atoms with Crippen LogP contribution in [-0.4, -0.2) is 30.4 Å². The highest BCUT2D eigenvalue weighted by molar-refractivity contribution is 7.98. The summed E-state index contributed by atoms with van der Waals surface area (Å²) in [7, 11) is 1.94. The van der Waals surface area contributed by atoms with Crippen LogP contribution in [0.4, 0.5) is 5.69 Å². The van der Waals surface area contributed by atoms with Crippen molar-refractivity contribution in [2.75, 3.05) is 18.2 Å². The fraction of sp³-hybridized carbons (Fsp3) is 0.462. The normalized spacial score (nSPS) is 12.2. The predicted octanol–water partition coefficient (Wildman–Crippen LogP) is 3.34. The summed E-state index contributed by atoms with van der Waals surface area (Å²) in [6.07, 6.45) is 2.88. The summed E-state index contributed by atoms with van der Waals surface area (Å²) in [6, 6.07) is 5.95. The molecule has 3 nitrogen and oxygen atoms in total. The molecular formula is C13H19NO2S. The molecular weight excluding hydrogens is 234 g/mol. The fourth-order valence-corrected chi connectivity index (χ4v) is 2.32. The Balaban J connectivity index is 3.27. The smallest absolute Gasteiger partial charge is 0.338 e. The van der Waals surface area contributed by atoms with Gasteiger partial charge in [0.15, 0.2) is 0 Å². The number of nitrogens with zero attached hydrogens (tertiary/aromatic N) is 1. The van der Waals surface area contributed by atoms with E-state index in [0.717, 1.165) is 17.0 Å². The van der Waals surface area contributed by atoms with Gasteiger partial charge in [-0.15, -0.1) is 11.8 Å². The van der Waals surface area contributed by atoms with Crippen LogP contribution in [0.3, 0.4) is 0 Å². The van der Waals surface area contributed by atoms with E-state index in [-0.39, 0.29) is 0 Å². The van der Waals surface area contributed by atoms with Crippen LogP contribution in [0, 0.1) is 0 Å². The third kappa shape index (κ3) is 2.94. The van der Waals surface area contributed by atoms with Crippen LogP contribution in [0.25, 0.3) is 0 Å². The maximum Gasteiger partial charge on any atom is 0.338 e. The van der Waals surface area contributed by atoms with Gasteiger partial charge in [0.1, 0.15) is 0 Å². The molecule has 1 atom stereocenters. The van der Waals surface area contributed by atoms with Crippen molar-refractivity contribution < 1.29 is 9.90 Å². The van der Waals surface area contributed by atoms with Gasteiger partial charge < -0.3 is 10.0 Å². The van der Waals surface area contributed by atoms with E-state index in [1.807, 2.05) is 36.4 Å². The number of hydrogen-bond acceptors (Lipinski definition) is 3. The largest absolute Gasteiger partial charge is 0.478 e. The van der Waals surface area contributed by atoms with Gasteiger partial charge in [0.05, 0.1) is 11.3 Å². The summed E-state index contributed by atoms with van der Waals surface area (Å²) in [6.45, 7) is 4.19. The Kier molecular flexibility index (Phi) is 4.87. The number of rotatable bonds is 5. The Morgan fingerprint density at radius 1 is 1.53 bits per heavy atom. The average molecular weight is 253 g/mol. The van der Waals surface area contributed by atoms with Crippen molar-refractivity contribution in [2.24, 2.45) is 0 Å². The molecule has 1 rings (SSSR count). The lowest BCUT2D eigenvalue weighted by atomic mass is 10.1. The summed E-state index contributed by atoms with van der Waals surface area (Å²) in [4.78, 5) is 14.2. The quantitative estimate of drug-likeness (QED) is 0.817. The van der Waals surface area contributed by atoms with Crippen molar-refractivity contribution >= 4 is 23.4 Å². The number of carboxylic acids is 1. The van der Waals surface area contributed by atoms with Gasteiger partial charge in [0.25, 0.3) is 0 Å². The van der Waals surface area contributed by atoms with Crippen LogP contribution >= 0.6 is 11.8 Å². The van der Waals surface area contributed by atoms with Gasteiger partial charge in [0.2, 0.25) is 0 Å². The molecule has 17 heavy (non-hydrogen) atoms. The number of aromatic carboxylic acids is 1. The highest BCUT2D eigenvalue weighted by Crippen LogP contribution is 2.30. The summed E-state index contributed by atoms with van der Waals surface area (Å²) >= 11 is 1.47. The highest BCUT2D eigenvalue weighted by Gasteiger charge is 2.19. The van der Waals surface area contributed by atoms with Crippen LogP contribution in [0.15, 0.2) is 23.1 Å². The molecule has 0 radical (unpaired) electrons.